The Morgan fingerprint density at radius 3 is 2.50 bits per heavy atom. The Morgan fingerprint density at radius 1 is 1.25 bits per heavy atom. The lowest BCUT2D eigenvalue weighted by Gasteiger charge is -2.16. The van der Waals surface area contributed by atoms with Crippen LogP contribution in [0.3, 0.4) is 0 Å². The molecule has 2 N–H and O–H groups in total. The number of hydrogen-bond donors (Lipinski definition) is 2. The maximum Gasteiger partial charge on any atom is 0.308 e. The van der Waals surface area contributed by atoms with Gasteiger partial charge in [0.25, 0.3) is 11.8 Å². The van der Waals surface area contributed by atoms with Gasteiger partial charge in [-0.15, -0.1) is 0 Å². The second-order valence-corrected chi connectivity index (χ2v) is 4.37. The van der Waals surface area contributed by atoms with E-state index < -0.39 is 17.8 Å². The van der Waals surface area contributed by atoms with Gasteiger partial charge in [0.2, 0.25) is 0 Å². The summed E-state index contributed by atoms with van der Waals surface area (Å²) in [5, 5.41) is 4.65. The Balaban J connectivity index is 2.30. The minimum Gasteiger partial charge on any atom is -0.427 e. The van der Waals surface area contributed by atoms with Gasteiger partial charge in [-0.2, -0.15) is 0 Å². The minimum atomic E-state index is -0.573. The Labute approximate surface area is 119 Å². The van der Waals surface area contributed by atoms with Gasteiger partial charge in [0.15, 0.2) is 5.11 Å². The number of esters is 1. The smallest absolute Gasteiger partial charge is 0.308 e. The van der Waals surface area contributed by atoms with E-state index in [2.05, 4.69) is 10.6 Å². The zero-order valence-electron chi connectivity index (χ0n) is 10.4. The van der Waals surface area contributed by atoms with Gasteiger partial charge in [0, 0.05) is 6.92 Å². The molecule has 2 amide bonds. The third kappa shape index (κ3) is 3.27. The number of carbonyl (C=O) groups is 3. The summed E-state index contributed by atoms with van der Waals surface area (Å²) in [5.41, 5.74) is 0.482. The summed E-state index contributed by atoms with van der Waals surface area (Å²) < 4.78 is 4.92. The van der Waals surface area contributed by atoms with Gasteiger partial charge in [0.1, 0.15) is 11.3 Å². The third-order valence-electron chi connectivity index (χ3n) is 2.37. The number of hydrogen-bond acceptors (Lipinski definition) is 5. The standard InChI is InChI=1S/C13H10N2O4S/c1-7(16)19-9-4-2-3-8(5-9)6-10-11(17)14-13(20)15-12(10)18/h2-6H,1H3,(H2,14,15,17,18,20). The molecule has 0 spiro atoms. The molecule has 0 bridgehead atoms. The lowest BCUT2D eigenvalue weighted by atomic mass is 10.1. The molecule has 0 aliphatic carbocycles. The van der Waals surface area contributed by atoms with Gasteiger partial charge in [0.05, 0.1) is 0 Å². The Morgan fingerprint density at radius 2 is 1.90 bits per heavy atom. The fourth-order valence-electron chi connectivity index (χ4n) is 1.61. The van der Waals surface area contributed by atoms with E-state index in [1.807, 2.05) is 0 Å². The van der Waals surface area contributed by atoms with E-state index in [-0.39, 0.29) is 10.7 Å². The highest BCUT2D eigenvalue weighted by molar-refractivity contribution is 7.80. The normalized spacial score (nSPS) is 14.4. The molecule has 0 radical (unpaired) electrons. The molecular formula is C13H10N2O4S. The van der Waals surface area contributed by atoms with E-state index in [1.165, 1.54) is 13.0 Å². The molecule has 0 saturated carbocycles. The third-order valence-corrected chi connectivity index (χ3v) is 2.58. The van der Waals surface area contributed by atoms with Crippen LogP contribution in [0.15, 0.2) is 29.8 Å². The van der Waals surface area contributed by atoms with Gasteiger partial charge in [-0.05, 0) is 36.0 Å². The van der Waals surface area contributed by atoms with Gasteiger partial charge in [-0.3, -0.25) is 25.0 Å². The second kappa shape index (κ2) is 5.62. The number of nitrogens with one attached hydrogen (secondary N) is 2. The van der Waals surface area contributed by atoms with Crippen molar-refractivity contribution in [3.05, 3.63) is 35.4 Å². The van der Waals surface area contributed by atoms with E-state index >= 15 is 0 Å². The fourth-order valence-corrected chi connectivity index (χ4v) is 1.79. The van der Waals surface area contributed by atoms with Crippen LogP contribution < -0.4 is 15.4 Å². The summed E-state index contributed by atoms with van der Waals surface area (Å²) in [6.07, 6.45) is 1.39. The van der Waals surface area contributed by atoms with Crippen LogP contribution in [0.25, 0.3) is 6.08 Å². The largest absolute Gasteiger partial charge is 0.427 e. The van der Waals surface area contributed by atoms with Gasteiger partial charge < -0.3 is 4.74 Å². The molecule has 1 aromatic rings. The van der Waals surface area contributed by atoms with Crippen molar-refractivity contribution in [2.45, 2.75) is 6.92 Å². The molecule has 20 heavy (non-hydrogen) atoms. The highest BCUT2D eigenvalue weighted by Gasteiger charge is 2.25. The van der Waals surface area contributed by atoms with Crippen molar-refractivity contribution < 1.29 is 19.1 Å². The summed E-state index contributed by atoms with van der Waals surface area (Å²) in [6.45, 7) is 1.29. The topological polar surface area (TPSA) is 84.5 Å². The molecular weight excluding hydrogens is 280 g/mol. The molecule has 2 rings (SSSR count). The first-order valence-corrected chi connectivity index (χ1v) is 6.03. The summed E-state index contributed by atoms with van der Waals surface area (Å²) >= 11 is 4.70. The molecule has 1 aliphatic heterocycles. The molecule has 0 aromatic heterocycles. The highest BCUT2D eigenvalue weighted by Crippen LogP contribution is 2.17. The van der Waals surface area contributed by atoms with Crippen molar-refractivity contribution in [3.8, 4) is 5.75 Å². The van der Waals surface area contributed by atoms with Gasteiger partial charge in [-0.1, -0.05) is 12.1 Å². The van der Waals surface area contributed by atoms with Crippen LogP contribution in [0.5, 0.6) is 5.75 Å². The summed E-state index contributed by atoms with van der Waals surface area (Å²) in [6, 6.07) is 6.46. The molecule has 1 heterocycles. The Bertz CT molecular complexity index is 630. The number of carbonyl (C=O) groups excluding carboxylic acids is 3. The van der Waals surface area contributed by atoms with E-state index in [0.717, 1.165) is 0 Å². The molecule has 0 atom stereocenters. The number of rotatable bonds is 2. The van der Waals surface area contributed by atoms with E-state index in [1.54, 1.807) is 24.3 Å². The van der Waals surface area contributed by atoms with Crippen LogP contribution in [0, 0.1) is 0 Å². The molecule has 1 aliphatic rings. The van der Waals surface area contributed by atoms with Crippen LogP contribution >= 0.6 is 12.2 Å². The Kier molecular flexibility index (Phi) is 3.90. The SMILES string of the molecule is CC(=O)Oc1cccc(C=C2C(=O)NC(=S)NC2=O)c1. The van der Waals surface area contributed by atoms with Crippen LogP contribution in [-0.4, -0.2) is 22.9 Å². The molecule has 6 nitrogen and oxygen atoms in total. The van der Waals surface area contributed by atoms with E-state index in [9.17, 15) is 14.4 Å². The molecule has 1 fully saturated rings. The first kappa shape index (κ1) is 13.9. The lowest BCUT2D eigenvalue weighted by molar-refractivity contribution is -0.132. The fraction of sp³-hybridized carbons (Fsp3) is 0.0769. The number of benzene rings is 1. The molecule has 102 valence electrons. The molecule has 0 unspecified atom stereocenters. The zero-order chi connectivity index (χ0) is 14.7. The number of amides is 2. The second-order valence-electron chi connectivity index (χ2n) is 3.96. The minimum absolute atomic E-state index is 0.0224. The molecule has 7 heteroatoms. The van der Waals surface area contributed by atoms with Crippen LogP contribution in [-0.2, 0) is 14.4 Å². The van der Waals surface area contributed by atoms with Crippen LogP contribution in [0.4, 0.5) is 0 Å². The van der Waals surface area contributed by atoms with Gasteiger partial charge in [-0.25, -0.2) is 0 Å². The van der Waals surface area contributed by atoms with Crippen molar-refractivity contribution in [2.75, 3.05) is 0 Å². The summed E-state index contributed by atoms with van der Waals surface area (Å²) in [4.78, 5) is 34.2. The Hall–Kier alpha value is -2.54. The maximum absolute atomic E-state index is 11.7. The average molecular weight is 290 g/mol. The summed E-state index contributed by atoms with van der Waals surface area (Å²) in [5.74, 6) is -1.26. The van der Waals surface area contributed by atoms with E-state index in [4.69, 9.17) is 17.0 Å². The first-order valence-electron chi connectivity index (χ1n) is 5.62. The van der Waals surface area contributed by atoms with Gasteiger partial charge >= 0.3 is 5.97 Å². The van der Waals surface area contributed by atoms with Crippen molar-refractivity contribution in [1.29, 1.82) is 0 Å². The van der Waals surface area contributed by atoms with Crippen LogP contribution in [0.2, 0.25) is 0 Å². The van der Waals surface area contributed by atoms with Crippen LogP contribution in [0.1, 0.15) is 12.5 Å². The number of thiocarbonyl (C=S) groups is 1. The van der Waals surface area contributed by atoms with E-state index in [0.29, 0.717) is 11.3 Å². The molecule has 1 saturated heterocycles. The van der Waals surface area contributed by atoms with Crippen molar-refractivity contribution in [1.82, 2.24) is 10.6 Å². The van der Waals surface area contributed by atoms with Crippen molar-refractivity contribution in [3.63, 3.8) is 0 Å². The molecule has 1 aromatic carbocycles. The average Bonchev–Trinajstić information content (AvgIpc) is 2.33. The van der Waals surface area contributed by atoms with Crippen molar-refractivity contribution in [2.24, 2.45) is 0 Å². The van der Waals surface area contributed by atoms with Crippen molar-refractivity contribution >= 4 is 41.2 Å². The predicted molar refractivity (Wildman–Crippen MR) is 74.6 cm³/mol. The zero-order valence-corrected chi connectivity index (χ0v) is 11.2. The quantitative estimate of drug-likeness (QED) is 0.273. The highest BCUT2D eigenvalue weighted by atomic mass is 32.1. The lowest BCUT2D eigenvalue weighted by Crippen LogP contribution is -2.51. The predicted octanol–water partition coefficient (Wildman–Crippen LogP) is 0.526. The maximum atomic E-state index is 11.7. The summed E-state index contributed by atoms with van der Waals surface area (Å²) in [7, 11) is 0. The first-order chi connectivity index (χ1) is 9.45. The monoisotopic (exact) mass is 290 g/mol. The number of ether oxygens (including phenoxy) is 1.